The van der Waals surface area contributed by atoms with Gasteiger partial charge in [0.05, 0.1) is 29.7 Å². The first-order chi connectivity index (χ1) is 27.0. The monoisotopic (exact) mass is 844 g/mol. The second-order valence-electron chi connectivity index (χ2n) is 14.0. The van der Waals surface area contributed by atoms with E-state index in [9.17, 15) is 42.3 Å². The third kappa shape index (κ3) is 5.22. The van der Waals surface area contributed by atoms with Crippen LogP contribution in [0.3, 0.4) is 0 Å². The Morgan fingerprint density at radius 3 is 2.00 bits per heavy atom. The molecule has 6 unspecified atom stereocenters. The maximum atomic E-state index is 15.3. The summed E-state index contributed by atoms with van der Waals surface area (Å²) in [4.78, 5) is 65.6. The molecule has 0 bridgehead atoms. The van der Waals surface area contributed by atoms with Gasteiger partial charge in [-0.25, -0.2) is 26.9 Å². The van der Waals surface area contributed by atoms with E-state index in [-0.39, 0.29) is 50.3 Å². The zero-order valence-corrected chi connectivity index (χ0v) is 31.2. The number of carbonyl (C=O) groups excluding carboxylic acids is 5. The number of nitrogens with zero attached hydrogens (tertiary/aromatic N) is 2. The average molecular weight is 846 g/mol. The summed E-state index contributed by atoms with van der Waals surface area (Å²) < 4.78 is 79.1. The van der Waals surface area contributed by atoms with Crippen LogP contribution < -0.4 is 14.5 Å². The second kappa shape index (κ2) is 13.4. The molecule has 57 heavy (non-hydrogen) atoms. The van der Waals surface area contributed by atoms with E-state index in [1.165, 1.54) is 43.5 Å². The van der Waals surface area contributed by atoms with Gasteiger partial charge in [-0.1, -0.05) is 53.6 Å². The van der Waals surface area contributed by atoms with Crippen molar-refractivity contribution in [3.63, 3.8) is 0 Å². The van der Waals surface area contributed by atoms with Crippen LogP contribution >= 0.6 is 34.8 Å². The van der Waals surface area contributed by atoms with Gasteiger partial charge in [0.2, 0.25) is 17.6 Å². The fourth-order valence-corrected chi connectivity index (χ4v) is 9.78. The molecule has 4 amide bonds. The number of allylic oxidation sites excluding steroid dienone is 2. The Morgan fingerprint density at radius 2 is 1.39 bits per heavy atom. The lowest BCUT2D eigenvalue weighted by Crippen LogP contribution is -2.60. The molecule has 0 aromatic heterocycles. The number of amides is 4. The molecule has 3 fully saturated rings. The first-order valence-electron chi connectivity index (χ1n) is 17.1. The number of aromatic hydroxyl groups is 1. The van der Waals surface area contributed by atoms with E-state index < -0.39 is 104 Å². The van der Waals surface area contributed by atoms with E-state index >= 15 is 8.78 Å². The molecule has 4 aromatic rings. The third-order valence-electron chi connectivity index (χ3n) is 11.2. The Hall–Kier alpha value is -5.31. The van der Waals surface area contributed by atoms with Crippen molar-refractivity contribution in [2.24, 2.45) is 17.8 Å². The molecule has 1 saturated carbocycles. The minimum absolute atomic E-state index is 0.0585. The number of hydrogen-bond acceptors (Lipinski definition) is 7. The van der Waals surface area contributed by atoms with Crippen LogP contribution in [0.4, 0.5) is 33.3 Å². The lowest BCUT2D eigenvalue weighted by Gasteiger charge is -2.50. The molecule has 0 radical (unpaired) electrons. The van der Waals surface area contributed by atoms with E-state index in [1.807, 2.05) is 0 Å². The summed E-state index contributed by atoms with van der Waals surface area (Å²) >= 11 is 20.7. The molecular weight excluding hydrogens is 822 g/mol. The van der Waals surface area contributed by atoms with Crippen LogP contribution in [0.5, 0.6) is 11.5 Å². The van der Waals surface area contributed by atoms with E-state index in [4.69, 9.17) is 39.5 Å². The summed E-state index contributed by atoms with van der Waals surface area (Å²) in [5.41, 5.74) is -1.01. The van der Waals surface area contributed by atoms with Gasteiger partial charge in [0, 0.05) is 17.0 Å². The smallest absolute Gasteiger partial charge is 0.258 e. The van der Waals surface area contributed by atoms with Gasteiger partial charge in [0.25, 0.3) is 11.8 Å². The Labute approximate surface area is 334 Å². The molecule has 8 rings (SSSR count). The summed E-state index contributed by atoms with van der Waals surface area (Å²) in [6.45, 7) is 0. The molecule has 17 heteroatoms. The van der Waals surface area contributed by atoms with Crippen LogP contribution in [0, 0.1) is 46.8 Å². The van der Waals surface area contributed by atoms with Gasteiger partial charge in [-0.3, -0.25) is 28.9 Å². The van der Waals surface area contributed by atoms with Gasteiger partial charge in [-0.2, -0.15) is 0 Å². The SMILES string of the molecule is COc1cc(C2C3=CCC4C(=O)N(c5ccc(C(=O)c6ccccc6)cc5)C(=O)C4C3CC3(Cl)C(=O)N(c4c(F)c(F)c(F)c(F)c4F)C(=O)C23Cl)cc(Cl)c1O. The molecule has 2 aliphatic carbocycles. The molecule has 0 spiro atoms. The van der Waals surface area contributed by atoms with Crippen LogP contribution in [0.2, 0.25) is 5.02 Å². The number of hydrogen-bond donors (Lipinski definition) is 1. The van der Waals surface area contributed by atoms with E-state index in [0.717, 1.165) is 11.0 Å². The highest BCUT2D eigenvalue weighted by molar-refractivity contribution is 6.58. The number of ether oxygens (including phenoxy) is 1. The van der Waals surface area contributed by atoms with Gasteiger partial charge in [0.15, 0.2) is 50.3 Å². The Morgan fingerprint density at radius 1 is 0.789 bits per heavy atom. The fourth-order valence-electron chi connectivity index (χ4n) is 8.63. The van der Waals surface area contributed by atoms with Gasteiger partial charge in [-0.05, 0) is 60.7 Å². The van der Waals surface area contributed by atoms with Crippen molar-refractivity contribution < 1.29 is 55.8 Å². The Kier molecular flexibility index (Phi) is 9.06. The van der Waals surface area contributed by atoms with Gasteiger partial charge >= 0.3 is 0 Å². The molecule has 2 aliphatic heterocycles. The third-order valence-corrected chi connectivity index (χ3v) is 13.0. The van der Waals surface area contributed by atoms with E-state index in [0.29, 0.717) is 5.56 Å². The summed E-state index contributed by atoms with van der Waals surface area (Å²) in [5.74, 6) is -23.5. The van der Waals surface area contributed by atoms with Gasteiger partial charge in [-0.15, -0.1) is 23.2 Å². The quantitative estimate of drug-likeness (QED) is 0.0401. The average Bonchev–Trinajstić information content (AvgIpc) is 3.55. The number of fused-ring (bicyclic) bond motifs is 4. The minimum atomic E-state index is -2.81. The largest absolute Gasteiger partial charge is 0.503 e. The zero-order chi connectivity index (χ0) is 41.0. The predicted octanol–water partition coefficient (Wildman–Crippen LogP) is 7.75. The molecule has 292 valence electrons. The number of imide groups is 2. The minimum Gasteiger partial charge on any atom is -0.503 e. The summed E-state index contributed by atoms with van der Waals surface area (Å²) in [6.07, 6.45) is 0.672. The number of carbonyl (C=O) groups is 5. The van der Waals surface area contributed by atoms with Crippen molar-refractivity contribution in [1.29, 1.82) is 0 Å². The van der Waals surface area contributed by atoms with Crippen molar-refractivity contribution in [1.82, 2.24) is 0 Å². The molecule has 9 nitrogen and oxygen atoms in total. The Balaban J connectivity index is 1.26. The highest BCUT2D eigenvalue weighted by atomic mass is 35.5. The number of benzene rings is 4. The van der Waals surface area contributed by atoms with Gasteiger partial charge < -0.3 is 9.84 Å². The number of phenols is 1. The van der Waals surface area contributed by atoms with Crippen molar-refractivity contribution in [2.45, 2.75) is 28.5 Å². The number of anilines is 2. The zero-order valence-electron chi connectivity index (χ0n) is 29.0. The number of ketones is 1. The topological polar surface area (TPSA) is 121 Å². The standard InChI is InChI=1S/C40H24Cl3F5N2O7/c1-57-24-14-18(13-23(41)34(24)52)26-20-11-12-21-25(36(54)49(35(21)53)19-9-7-17(8-10-19)33(51)16-5-3-2-4-6-16)22(20)15-39(42)37(55)50(38(56)40(26,39)43)32-30(47)28(45)27(44)29(46)31(32)48/h2-11,13-14,21-22,25-26,52H,12,15H2,1H3. The van der Waals surface area contributed by atoms with Crippen LogP contribution in [0.25, 0.3) is 0 Å². The lowest BCUT2D eigenvalue weighted by molar-refractivity contribution is -0.125. The number of rotatable bonds is 6. The number of phenolic OH excluding ortho intramolecular Hbond substituents is 1. The molecule has 2 heterocycles. The van der Waals surface area contributed by atoms with E-state index in [1.54, 1.807) is 30.3 Å². The molecular formula is C40H24Cl3F5N2O7. The maximum Gasteiger partial charge on any atom is 0.258 e. The molecule has 4 aromatic carbocycles. The maximum absolute atomic E-state index is 15.3. The normalized spacial score (nSPS) is 26.6. The number of alkyl halides is 2. The van der Waals surface area contributed by atoms with Crippen molar-refractivity contribution in [3.8, 4) is 11.5 Å². The van der Waals surface area contributed by atoms with Crippen molar-refractivity contribution in [3.05, 3.63) is 129 Å². The van der Waals surface area contributed by atoms with Crippen LogP contribution in [0.15, 0.2) is 78.4 Å². The van der Waals surface area contributed by atoms with Crippen LogP contribution in [-0.2, 0) is 19.2 Å². The molecule has 2 saturated heterocycles. The molecule has 6 atom stereocenters. The second-order valence-corrected chi connectivity index (χ2v) is 15.6. The highest BCUT2D eigenvalue weighted by Gasteiger charge is 2.77. The number of methoxy groups -OCH3 is 1. The summed E-state index contributed by atoms with van der Waals surface area (Å²) in [5, 5.41) is 10.2. The summed E-state index contributed by atoms with van der Waals surface area (Å²) in [7, 11) is 1.17. The number of halogens is 8. The first-order valence-corrected chi connectivity index (χ1v) is 18.2. The van der Waals surface area contributed by atoms with Crippen molar-refractivity contribution >= 4 is 75.6 Å². The van der Waals surface area contributed by atoms with Crippen LogP contribution in [-0.4, -0.2) is 51.4 Å². The summed E-state index contributed by atoms with van der Waals surface area (Å²) in [6, 6.07) is 16.5. The van der Waals surface area contributed by atoms with Crippen LogP contribution in [0.1, 0.15) is 40.2 Å². The molecule has 4 aliphatic rings. The predicted molar refractivity (Wildman–Crippen MR) is 195 cm³/mol. The highest BCUT2D eigenvalue weighted by Crippen LogP contribution is 2.66. The molecule has 1 N–H and O–H groups in total. The first kappa shape index (κ1) is 38.6. The van der Waals surface area contributed by atoms with E-state index in [2.05, 4.69) is 0 Å². The van der Waals surface area contributed by atoms with Crippen molar-refractivity contribution in [2.75, 3.05) is 16.9 Å². The van der Waals surface area contributed by atoms with Gasteiger partial charge in [0.1, 0.15) is 5.69 Å². The Bertz CT molecular complexity index is 2490. The fraction of sp³-hybridized carbons (Fsp3) is 0.225. The lowest BCUT2D eigenvalue weighted by atomic mass is 9.56.